The van der Waals surface area contributed by atoms with Crippen LogP contribution in [0.25, 0.3) is 0 Å². The van der Waals surface area contributed by atoms with Crippen molar-refractivity contribution >= 4 is 5.97 Å². The Morgan fingerprint density at radius 3 is 1.94 bits per heavy atom. The van der Waals surface area contributed by atoms with Crippen molar-refractivity contribution in [1.82, 2.24) is 0 Å². The Bertz CT molecular complexity index is 841. The Hall–Kier alpha value is -2.27. The number of aliphatic hydroxyl groups is 5. The molecule has 9 heteroatoms. The highest BCUT2D eigenvalue weighted by Crippen LogP contribution is 2.32. The molecule has 0 amide bonds. The van der Waals surface area contributed by atoms with E-state index < -0.39 is 49.4 Å². The highest BCUT2D eigenvalue weighted by Gasteiger charge is 2.44. The molecule has 0 saturated carbocycles. The fourth-order valence-electron chi connectivity index (χ4n) is 3.55. The van der Waals surface area contributed by atoms with E-state index in [0.29, 0.717) is 24.0 Å². The zero-order chi connectivity index (χ0) is 24.9. The Balaban J connectivity index is 2.54. The largest absolute Gasteiger partial charge is 0.479 e. The molecule has 0 spiro atoms. The third-order valence-electron chi connectivity index (χ3n) is 5.39. The van der Waals surface area contributed by atoms with Crippen molar-refractivity contribution in [3.05, 3.63) is 52.1 Å². The number of carboxylic acids is 1. The molecule has 184 valence electrons. The summed E-state index contributed by atoms with van der Waals surface area (Å²) in [5.74, 6) is -1.16. The van der Waals surface area contributed by atoms with Crippen molar-refractivity contribution < 1.29 is 44.9 Å². The first-order valence-electron chi connectivity index (χ1n) is 10.8. The molecule has 1 saturated heterocycles. The number of carbonyl (C=O) groups is 1. The summed E-state index contributed by atoms with van der Waals surface area (Å²) in [6.45, 7) is 6.99. The van der Waals surface area contributed by atoms with Crippen molar-refractivity contribution in [2.75, 3.05) is 6.61 Å². The van der Waals surface area contributed by atoms with Gasteiger partial charge in [0.1, 0.15) is 30.2 Å². The minimum absolute atomic E-state index is 0.218. The van der Waals surface area contributed by atoms with Crippen molar-refractivity contribution in [2.45, 2.75) is 77.3 Å². The quantitative estimate of drug-likeness (QED) is 0.292. The van der Waals surface area contributed by atoms with Gasteiger partial charge in [-0.3, -0.25) is 0 Å². The summed E-state index contributed by atoms with van der Waals surface area (Å²) in [6.07, 6.45) is -4.53. The number of hydrogen-bond acceptors (Lipinski definition) is 8. The lowest BCUT2D eigenvalue weighted by molar-refractivity contribution is -0.277. The number of hydrogen-bond donors (Lipinski definition) is 6. The van der Waals surface area contributed by atoms with Gasteiger partial charge < -0.3 is 40.1 Å². The average molecular weight is 467 g/mol. The Morgan fingerprint density at radius 2 is 1.52 bits per heavy atom. The topological polar surface area (TPSA) is 157 Å². The Kier molecular flexibility index (Phi) is 9.59. The molecule has 6 N–H and O–H groups in total. The number of aliphatic carboxylic acids is 1. The maximum absolute atomic E-state index is 11.6. The first-order chi connectivity index (χ1) is 15.5. The van der Waals surface area contributed by atoms with Gasteiger partial charge in [0.15, 0.2) is 6.10 Å². The van der Waals surface area contributed by atoms with Crippen molar-refractivity contribution in [3.63, 3.8) is 0 Å². The van der Waals surface area contributed by atoms with Crippen LogP contribution in [-0.4, -0.2) is 73.9 Å². The minimum Gasteiger partial charge on any atom is -0.479 e. The monoisotopic (exact) mass is 466 g/mol. The molecule has 9 nitrogen and oxygen atoms in total. The average Bonchev–Trinajstić information content (AvgIpc) is 2.75. The van der Waals surface area contributed by atoms with Crippen LogP contribution in [-0.2, 0) is 22.4 Å². The molecule has 0 aliphatic carbocycles. The van der Waals surface area contributed by atoms with Crippen molar-refractivity contribution in [2.24, 2.45) is 0 Å². The number of allylic oxidation sites excluding steroid dienone is 4. The standard InChI is InChI=1S/C24H34O9/c1-12(2)5-7-14-9-16(32-24-22(29)21(28)19(26)17(11-25)33-24)10-15(8-6-13(3)4)18(14)20(27)23(30)31/h5-6,9-10,17,19-22,24-29H,7-8,11H2,1-4H3,(H,30,31). The number of carboxylic acid groups (broad SMARTS) is 1. The van der Waals surface area contributed by atoms with Crippen LogP contribution < -0.4 is 4.74 Å². The van der Waals surface area contributed by atoms with Gasteiger partial charge in [0.05, 0.1) is 6.61 Å². The Morgan fingerprint density at radius 1 is 1.00 bits per heavy atom. The van der Waals surface area contributed by atoms with Gasteiger partial charge in [-0.15, -0.1) is 0 Å². The predicted molar refractivity (Wildman–Crippen MR) is 120 cm³/mol. The van der Waals surface area contributed by atoms with Crippen LogP contribution in [0.4, 0.5) is 0 Å². The Labute approximate surface area is 193 Å². The summed E-state index contributed by atoms with van der Waals surface area (Å²) in [4.78, 5) is 11.6. The lowest BCUT2D eigenvalue weighted by Gasteiger charge is -2.39. The molecule has 2 rings (SSSR count). The van der Waals surface area contributed by atoms with Crippen molar-refractivity contribution in [1.29, 1.82) is 0 Å². The van der Waals surface area contributed by atoms with Gasteiger partial charge in [-0.05, 0) is 69.4 Å². The highest BCUT2D eigenvalue weighted by atomic mass is 16.7. The van der Waals surface area contributed by atoms with Crippen LogP contribution in [0.3, 0.4) is 0 Å². The third-order valence-corrected chi connectivity index (χ3v) is 5.39. The van der Waals surface area contributed by atoms with Crippen molar-refractivity contribution in [3.8, 4) is 5.75 Å². The molecule has 1 aromatic rings. The van der Waals surface area contributed by atoms with Gasteiger partial charge in [0.25, 0.3) is 0 Å². The van der Waals surface area contributed by atoms with Gasteiger partial charge >= 0.3 is 5.97 Å². The number of ether oxygens (including phenoxy) is 2. The van der Waals surface area contributed by atoms with Gasteiger partial charge in [0, 0.05) is 0 Å². The summed E-state index contributed by atoms with van der Waals surface area (Å²) in [7, 11) is 0. The molecule has 1 fully saturated rings. The summed E-state index contributed by atoms with van der Waals surface area (Å²) in [6, 6.07) is 3.10. The highest BCUT2D eigenvalue weighted by molar-refractivity contribution is 5.75. The molecular formula is C24H34O9. The smallest absolute Gasteiger partial charge is 0.337 e. The second-order valence-corrected chi connectivity index (χ2v) is 8.68. The van der Waals surface area contributed by atoms with Crippen LogP contribution in [0.5, 0.6) is 5.75 Å². The second-order valence-electron chi connectivity index (χ2n) is 8.68. The predicted octanol–water partition coefficient (Wildman–Crippen LogP) is 1.00. The molecular weight excluding hydrogens is 432 g/mol. The zero-order valence-electron chi connectivity index (χ0n) is 19.3. The third kappa shape index (κ3) is 6.86. The summed E-state index contributed by atoms with van der Waals surface area (Å²) < 4.78 is 11.2. The summed E-state index contributed by atoms with van der Waals surface area (Å²) in [5, 5.41) is 59.6. The molecule has 33 heavy (non-hydrogen) atoms. The molecule has 0 radical (unpaired) electrons. The number of aliphatic hydroxyl groups excluding tert-OH is 5. The van der Waals surface area contributed by atoms with E-state index in [4.69, 9.17) is 9.47 Å². The SMILES string of the molecule is CC(C)=CCc1cc(OC2OC(CO)C(O)C(O)C2O)cc(CC=C(C)C)c1C(O)C(=O)O. The van der Waals surface area contributed by atoms with Crippen LogP contribution in [0.15, 0.2) is 35.4 Å². The van der Waals surface area contributed by atoms with E-state index in [1.165, 1.54) is 0 Å². The van der Waals surface area contributed by atoms with Crippen LogP contribution in [0, 0.1) is 0 Å². The fraction of sp³-hybridized carbons (Fsp3) is 0.542. The molecule has 1 heterocycles. The van der Waals surface area contributed by atoms with E-state index in [1.54, 1.807) is 12.1 Å². The van der Waals surface area contributed by atoms with E-state index in [2.05, 4.69) is 0 Å². The van der Waals surface area contributed by atoms with Gasteiger partial charge in [-0.2, -0.15) is 0 Å². The maximum Gasteiger partial charge on any atom is 0.337 e. The fourth-order valence-corrected chi connectivity index (χ4v) is 3.55. The van der Waals surface area contributed by atoms with Gasteiger partial charge in [0.2, 0.25) is 6.29 Å². The zero-order valence-corrected chi connectivity index (χ0v) is 19.3. The molecule has 0 aromatic heterocycles. The molecule has 1 aliphatic heterocycles. The molecule has 6 unspecified atom stereocenters. The number of rotatable bonds is 9. The summed E-state index contributed by atoms with van der Waals surface area (Å²) >= 11 is 0. The second kappa shape index (κ2) is 11.7. The first kappa shape index (κ1) is 27.0. The van der Waals surface area contributed by atoms with Crippen LogP contribution in [0.1, 0.15) is 50.5 Å². The molecule has 1 aromatic carbocycles. The van der Waals surface area contributed by atoms with Crippen LogP contribution in [0.2, 0.25) is 0 Å². The lowest BCUT2D eigenvalue weighted by Crippen LogP contribution is -2.60. The van der Waals surface area contributed by atoms with E-state index in [9.17, 15) is 35.4 Å². The van der Waals surface area contributed by atoms with E-state index in [1.807, 2.05) is 39.8 Å². The minimum atomic E-state index is -1.74. The molecule has 1 aliphatic rings. The van der Waals surface area contributed by atoms with E-state index >= 15 is 0 Å². The van der Waals surface area contributed by atoms with E-state index in [0.717, 1.165) is 11.1 Å². The van der Waals surface area contributed by atoms with Gasteiger partial charge in [-0.25, -0.2) is 4.79 Å². The summed E-state index contributed by atoms with van der Waals surface area (Å²) in [5.41, 5.74) is 3.29. The normalized spacial score (nSPS) is 25.8. The maximum atomic E-state index is 11.6. The molecule has 0 bridgehead atoms. The van der Waals surface area contributed by atoms with Crippen LogP contribution >= 0.6 is 0 Å². The first-order valence-corrected chi connectivity index (χ1v) is 10.8. The lowest BCUT2D eigenvalue weighted by atomic mass is 9.91. The van der Waals surface area contributed by atoms with Gasteiger partial charge in [-0.1, -0.05) is 23.3 Å². The molecule has 6 atom stereocenters. The number of benzene rings is 1. The van der Waals surface area contributed by atoms with E-state index in [-0.39, 0.29) is 11.3 Å².